The SMILES string of the molecule is CC(=O)Nc1ccc(OCCN2CC3CC3C2)cc1. The second-order valence-corrected chi connectivity index (χ2v) is 5.57. The van der Waals surface area contributed by atoms with Crippen LogP contribution < -0.4 is 10.1 Å². The molecule has 2 fully saturated rings. The van der Waals surface area contributed by atoms with Gasteiger partial charge in [-0.2, -0.15) is 0 Å². The maximum atomic E-state index is 10.9. The van der Waals surface area contributed by atoms with Crippen molar-refractivity contribution in [1.29, 1.82) is 0 Å². The van der Waals surface area contributed by atoms with Gasteiger partial charge in [0.2, 0.25) is 5.91 Å². The van der Waals surface area contributed by atoms with Crippen LogP contribution in [-0.4, -0.2) is 37.0 Å². The molecule has 102 valence electrons. The molecule has 0 radical (unpaired) electrons. The van der Waals surface area contributed by atoms with Gasteiger partial charge in [-0.1, -0.05) is 0 Å². The minimum Gasteiger partial charge on any atom is -0.492 e. The van der Waals surface area contributed by atoms with E-state index >= 15 is 0 Å². The van der Waals surface area contributed by atoms with Gasteiger partial charge in [-0.3, -0.25) is 9.69 Å². The Morgan fingerprint density at radius 1 is 1.32 bits per heavy atom. The zero-order valence-electron chi connectivity index (χ0n) is 11.3. The van der Waals surface area contributed by atoms with E-state index in [4.69, 9.17) is 4.74 Å². The first kappa shape index (κ1) is 12.5. The van der Waals surface area contributed by atoms with Crippen molar-refractivity contribution >= 4 is 11.6 Å². The molecule has 19 heavy (non-hydrogen) atoms. The van der Waals surface area contributed by atoms with E-state index in [9.17, 15) is 4.79 Å². The maximum absolute atomic E-state index is 10.9. The lowest BCUT2D eigenvalue weighted by atomic mass is 10.3. The summed E-state index contributed by atoms with van der Waals surface area (Å²) in [6.07, 6.45) is 1.45. The van der Waals surface area contributed by atoms with E-state index < -0.39 is 0 Å². The molecular weight excluding hydrogens is 240 g/mol. The fourth-order valence-electron chi connectivity index (χ4n) is 2.81. The minimum atomic E-state index is -0.0544. The van der Waals surface area contributed by atoms with Gasteiger partial charge in [-0.15, -0.1) is 0 Å². The highest BCUT2D eigenvalue weighted by Crippen LogP contribution is 2.44. The first-order chi connectivity index (χ1) is 9.20. The molecule has 1 amide bonds. The molecule has 0 bridgehead atoms. The Labute approximate surface area is 113 Å². The lowest BCUT2D eigenvalue weighted by Gasteiger charge is -2.17. The van der Waals surface area contributed by atoms with Crippen LogP contribution in [0.5, 0.6) is 5.75 Å². The predicted octanol–water partition coefficient (Wildman–Crippen LogP) is 1.98. The van der Waals surface area contributed by atoms with Gasteiger partial charge in [0.1, 0.15) is 12.4 Å². The van der Waals surface area contributed by atoms with Crippen LogP contribution in [0.25, 0.3) is 0 Å². The summed E-state index contributed by atoms with van der Waals surface area (Å²) in [6, 6.07) is 7.52. The third-order valence-electron chi connectivity index (χ3n) is 3.91. The molecule has 2 unspecified atom stereocenters. The van der Waals surface area contributed by atoms with Crippen molar-refractivity contribution in [3.05, 3.63) is 24.3 Å². The average molecular weight is 260 g/mol. The third kappa shape index (κ3) is 3.26. The summed E-state index contributed by atoms with van der Waals surface area (Å²) in [6.45, 7) is 5.77. The first-order valence-electron chi connectivity index (χ1n) is 6.93. The summed E-state index contributed by atoms with van der Waals surface area (Å²) in [5.74, 6) is 2.77. The van der Waals surface area contributed by atoms with Crippen LogP contribution in [0, 0.1) is 11.8 Å². The molecule has 0 aromatic heterocycles. The molecule has 1 aromatic carbocycles. The zero-order chi connectivity index (χ0) is 13.2. The predicted molar refractivity (Wildman–Crippen MR) is 74.3 cm³/mol. The average Bonchev–Trinajstić information content (AvgIpc) is 2.98. The Kier molecular flexibility index (Phi) is 3.42. The molecule has 2 atom stereocenters. The number of hydrogen-bond acceptors (Lipinski definition) is 3. The van der Waals surface area contributed by atoms with Crippen LogP contribution >= 0.6 is 0 Å². The van der Waals surface area contributed by atoms with Crippen LogP contribution in [0.2, 0.25) is 0 Å². The summed E-state index contributed by atoms with van der Waals surface area (Å²) in [7, 11) is 0. The monoisotopic (exact) mass is 260 g/mol. The van der Waals surface area contributed by atoms with Crippen molar-refractivity contribution < 1.29 is 9.53 Å². The van der Waals surface area contributed by atoms with Crippen LogP contribution in [0.15, 0.2) is 24.3 Å². The van der Waals surface area contributed by atoms with Crippen molar-refractivity contribution in [2.45, 2.75) is 13.3 Å². The van der Waals surface area contributed by atoms with Crippen molar-refractivity contribution in [3.63, 3.8) is 0 Å². The molecule has 1 N–H and O–H groups in total. The molecule has 1 aliphatic heterocycles. The second-order valence-electron chi connectivity index (χ2n) is 5.57. The van der Waals surface area contributed by atoms with Gasteiger partial charge < -0.3 is 10.1 Å². The Bertz CT molecular complexity index is 448. The summed E-state index contributed by atoms with van der Waals surface area (Å²) < 4.78 is 5.72. The molecule has 3 rings (SSSR count). The highest BCUT2D eigenvalue weighted by Gasteiger charge is 2.44. The summed E-state index contributed by atoms with van der Waals surface area (Å²) in [5.41, 5.74) is 0.805. The van der Waals surface area contributed by atoms with E-state index in [0.29, 0.717) is 0 Å². The van der Waals surface area contributed by atoms with Crippen molar-refractivity contribution in [1.82, 2.24) is 4.90 Å². The Balaban J connectivity index is 1.41. The number of anilines is 1. The van der Waals surface area contributed by atoms with E-state index in [2.05, 4.69) is 10.2 Å². The van der Waals surface area contributed by atoms with E-state index in [0.717, 1.165) is 36.4 Å². The second kappa shape index (κ2) is 5.21. The molecule has 1 heterocycles. The highest BCUT2D eigenvalue weighted by molar-refractivity contribution is 5.88. The molecular formula is C15H20N2O2. The number of piperidine rings is 1. The fourth-order valence-corrected chi connectivity index (χ4v) is 2.81. The molecule has 4 heteroatoms. The lowest BCUT2D eigenvalue weighted by Crippen LogP contribution is -2.27. The largest absolute Gasteiger partial charge is 0.492 e. The van der Waals surface area contributed by atoms with Crippen LogP contribution in [-0.2, 0) is 4.79 Å². The van der Waals surface area contributed by atoms with Gasteiger partial charge in [-0.05, 0) is 42.5 Å². The standard InChI is InChI=1S/C15H20N2O2/c1-11(18)16-14-2-4-15(5-3-14)19-7-6-17-9-12-8-13(12)10-17/h2-5,12-13H,6-10H2,1H3,(H,16,18). The number of nitrogens with one attached hydrogen (secondary N) is 1. The number of hydrogen-bond donors (Lipinski definition) is 1. The number of rotatable bonds is 5. The van der Waals surface area contributed by atoms with Crippen molar-refractivity contribution in [2.24, 2.45) is 11.8 Å². The van der Waals surface area contributed by atoms with Gasteiger partial charge in [0.15, 0.2) is 0 Å². The molecule has 4 nitrogen and oxygen atoms in total. The number of carbonyl (C=O) groups excluding carboxylic acids is 1. The Morgan fingerprint density at radius 3 is 2.63 bits per heavy atom. The van der Waals surface area contributed by atoms with E-state index in [1.165, 1.54) is 26.4 Å². The van der Waals surface area contributed by atoms with Gasteiger partial charge in [0, 0.05) is 32.2 Å². The van der Waals surface area contributed by atoms with Crippen LogP contribution in [0.1, 0.15) is 13.3 Å². The maximum Gasteiger partial charge on any atom is 0.221 e. The summed E-state index contributed by atoms with van der Waals surface area (Å²) >= 11 is 0. The number of amides is 1. The topological polar surface area (TPSA) is 41.6 Å². The van der Waals surface area contributed by atoms with Gasteiger partial charge in [0.05, 0.1) is 0 Å². The van der Waals surface area contributed by atoms with Crippen molar-refractivity contribution in [3.8, 4) is 5.75 Å². The molecule has 1 aliphatic carbocycles. The van der Waals surface area contributed by atoms with Gasteiger partial charge in [0.25, 0.3) is 0 Å². The number of nitrogens with zero attached hydrogens (tertiary/aromatic N) is 1. The molecule has 1 saturated heterocycles. The lowest BCUT2D eigenvalue weighted by molar-refractivity contribution is -0.114. The van der Waals surface area contributed by atoms with Crippen LogP contribution in [0.3, 0.4) is 0 Å². The number of ether oxygens (including phenoxy) is 1. The van der Waals surface area contributed by atoms with E-state index in [1.807, 2.05) is 24.3 Å². The molecule has 2 aliphatic rings. The van der Waals surface area contributed by atoms with Gasteiger partial charge >= 0.3 is 0 Å². The smallest absolute Gasteiger partial charge is 0.221 e. The minimum absolute atomic E-state index is 0.0544. The molecule has 0 spiro atoms. The summed E-state index contributed by atoms with van der Waals surface area (Å²) in [4.78, 5) is 13.4. The van der Waals surface area contributed by atoms with E-state index in [-0.39, 0.29) is 5.91 Å². The normalized spacial score (nSPS) is 24.9. The fraction of sp³-hybridized carbons (Fsp3) is 0.533. The highest BCUT2D eigenvalue weighted by atomic mass is 16.5. The molecule has 1 aromatic rings. The quantitative estimate of drug-likeness (QED) is 0.880. The van der Waals surface area contributed by atoms with Crippen LogP contribution in [0.4, 0.5) is 5.69 Å². The van der Waals surface area contributed by atoms with Gasteiger partial charge in [-0.25, -0.2) is 0 Å². The van der Waals surface area contributed by atoms with E-state index in [1.54, 1.807) is 0 Å². The Morgan fingerprint density at radius 2 is 2.00 bits per heavy atom. The Hall–Kier alpha value is -1.55. The first-order valence-corrected chi connectivity index (χ1v) is 6.93. The number of benzene rings is 1. The number of likely N-dealkylation sites (tertiary alicyclic amines) is 1. The third-order valence-corrected chi connectivity index (χ3v) is 3.91. The van der Waals surface area contributed by atoms with Crippen molar-refractivity contribution in [2.75, 3.05) is 31.6 Å². The number of carbonyl (C=O) groups is 1. The number of fused-ring (bicyclic) bond motifs is 1. The zero-order valence-corrected chi connectivity index (χ0v) is 11.3. The molecule has 1 saturated carbocycles. The summed E-state index contributed by atoms with van der Waals surface area (Å²) in [5, 5.41) is 2.74.